The first-order chi connectivity index (χ1) is 8.61. The summed E-state index contributed by atoms with van der Waals surface area (Å²) in [6, 6.07) is 5.04. The summed E-state index contributed by atoms with van der Waals surface area (Å²) in [5.74, 6) is 0. The molecule has 2 amide bonds. The zero-order chi connectivity index (χ0) is 13.1. The maximum atomic E-state index is 11.1. The molecule has 18 heavy (non-hydrogen) atoms. The van der Waals surface area contributed by atoms with Gasteiger partial charge < -0.3 is 11.5 Å². The Kier molecular flexibility index (Phi) is 3.49. The molecule has 5 nitrogen and oxygen atoms in total. The lowest BCUT2D eigenvalue weighted by Gasteiger charge is -2.13. The molecule has 1 aliphatic carbocycles. The van der Waals surface area contributed by atoms with Crippen molar-refractivity contribution in [3.05, 3.63) is 29.3 Å². The van der Waals surface area contributed by atoms with E-state index in [-0.39, 0.29) is 6.04 Å². The number of benzene rings is 1. The van der Waals surface area contributed by atoms with Crippen LogP contribution >= 0.6 is 0 Å². The predicted molar refractivity (Wildman–Crippen MR) is 68.7 cm³/mol. The van der Waals surface area contributed by atoms with Crippen molar-refractivity contribution in [3.8, 4) is 6.19 Å². The number of urea groups is 1. The smallest absolute Gasteiger partial charge is 0.332 e. The molecule has 0 fully saturated rings. The number of carbonyl (C=O) groups is 1. The quantitative estimate of drug-likeness (QED) is 0.442. The molecule has 0 bridgehead atoms. The summed E-state index contributed by atoms with van der Waals surface area (Å²) in [5.41, 5.74) is 14.0. The van der Waals surface area contributed by atoms with Gasteiger partial charge in [0.05, 0.1) is 5.69 Å². The lowest BCUT2D eigenvalue weighted by molar-refractivity contribution is 0.256. The molecule has 1 aromatic rings. The zero-order valence-electron chi connectivity index (χ0n) is 10.1. The predicted octanol–water partition coefficient (Wildman–Crippen LogP) is 1.26. The van der Waals surface area contributed by atoms with Crippen LogP contribution in [0.3, 0.4) is 0 Å². The minimum absolute atomic E-state index is 0.226. The highest BCUT2D eigenvalue weighted by Gasteiger charge is 2.17. The lowest BCUT2D eigenvalue weighted by atomic mass is 10.0. The number of carbonyl (C=O) groups excluding carboxylic acids is 1. The third kappa shape index (κ3) is 2.44. The van der Waals surface area contributed by atoms with Crippen molar-refractivity contribution in [2.24, 2.45) is 11.5 Å². The van der Waals surface area contributed by atoms with Crippen molar-refractivity contribution >= 4 is 11.7 Å². The fraction of sp³-hybridized carbons (Fsp3) is 0.385. The number of fused-ring (bicyclic) bond motifs is 1. The van der Waals surface area contributed by atoms with E-state index in [2.05, 4.69) is 0 Å². The van der Waals surface area contributed by atoms with Crippen molar-refractivity contribution in [3.63, 3.8) is 0 Å². The number of hydrogen-bond acceptors (Lipinski definition) is 3. The summed E-state index contributed by atoms with van der Waals surface area (Å²) < 4.78 is 0. The number of nitrogens with zero attached hydrogens (tertiary/aromatic N) is 2. The Hall–Kier alpha value is -2.06. The van der Waals surface area contributed by atoms with E-state index >= 15 is 0 Å². The van der Waals surface area contributed by atoms with Crippen LogP contribution in [-0.2, 0) is 12.8 Å². The molecular weight excluding hydrogens is 228 g/mol. The monoisotopic (exact) mass is 244 g/mol. The minimum Gasteiger partial charge on any atom is -0.350 e. The van der Waals surface area contributed by atoms with Crippen molar-refractivity contribution in [1.82, 2.24) is 0 Å². The SMILES string of the molecule is N#CN(C(N)=O)c1ccc2c(c1)CC[C@@H](N)CC2. The molecule has 2 rings (SSSR count). The summed E-state index contributed by atoms with van der Waals surface area (Å²) >= 11 is 0. The Labute approximate surface area is 106 Å². The normalized spacial score (nSPS) is 18.3. The second kappa shape index (κ2) is 5.07. The van der Waals surface area contributed by atoms with Crippen LogP contribution in [0.5, 0.6) is 0 Å². The number of nitriles is 1. The molecule has 5 heteroatoms. The van der Waals surface area contributed by atoms with Gasteiger partial charge in [-0.05, 0) is 48.9 Å². The van der Waals surface area contributed by atoms with Crippen molar-refractivity contribution in [2.45, 2.75) is 31.7 Å². The fourth-order valence-corrected chi connectivity index (χ4v) is 2.29. The van der Waals surface area contributed by atoms with Crippen molar-refractivity contribution in [1.29, 1.82) is 5.26 Å². The molecule has 0 saturated heterocycles. The summed E-state index contributed by atoms with van der Waals surface area (Å²) in [6.45, 7) is 0. The van der Waals surface area contributed by atoms with E-state index in [4.69, 9.17) is 16.7 Å². The lowest BCUT2D eigenvalue weighted by Crippen LogP contribution is -2.31. The molecule has 0 spiro atoms. The van der Waals surface area contributed by atoms with Crippen LogP contribution in [0.2, 0.25) is 0 Å². The van der Waals surface area contributed by atoms with E-state index in [0.29, 0.717) is 5.69 Å². The van der Waals surface area contributed by atoms with Gasteiger partial charge in [-0.2, -0.15) is 10.2 Å². The Balaban J connectivity index is 2.33. The van der Waals surface area contributed by atoms with Gasteiger partial charge in [-0.1, -0.05) is 6.07 Å². The Morgan fingerprint density at radius 1 is 1.33 bits per heavy atom. The van der Waals surface area contributed by atoms with Gasteiger partial charge in [0.15, 0.2) is 6.19 Å². The zero-order valence-corrected chi connectivity index (χ0v) is 10.1. The van der Waals surface area contributed by atoms with Gasteiger partial charge in [0.1, 0.15) is 0 Å². The first kappa shape index (κ1) is 12.4. The highest BCUT2D eigenvalue weighted by atomic mass is 16.2. The van der Waals surface area contributed by atoms with E-state index in [1.807, 2.05) is 12.1 Å². The summed E-state index contributed by atoms with van der Waals surface area (Å²) in [4.78, 5) is 12.0. The first-order valence-corrected chi connectivity index (χ1v) is 5.98. The highest BCUT2D eigenvalue weighted by molar-refractivity contribution is 5.93. The van der Waals surface area contributed by atoms with Crippen LogP contribution in [0.4, 0.5) is 10.5 Å². The average molecular weight is 244 g/mol. The van der Waals surface area contributed by atoms with Crippen LogP contribution in [0.15, 0.2) is 18.2 Å². The fourth-order valence-electron chi connectivity index (χ4n) is 2.29. The number of rotatable bonds is 1. The Bertz CT molecular complexity index is 506. The summed E-state index contributed by atoms with van der Waals surface area (Å²) in [7, 11) is 0. The number of amides is 2. The van der Waals surface area contributed by atoms with E-state index in [1.165, 1.54) is 5.56 Å². The third-order valence-electron chi connectivity index (χ3n) is 3.34. The van der Waals surface area contributed by atoms with Crippen LogP contribution in [0, 0.1) is 11.5 Å². The molecule has 94 valence electrons. The van der Waals surface area contributed by atoms with E-state index in [0.717, 1.165) is 36.1 Å². The van der Waals surface area contributed by atoms with Gasteiger partial charge in [0.2, 0.25) is 0 Å². The van der Waals surface area contributed by atoms with Crippen molar-refractivity contribution < 1.29 is 4.79 Å². The number of aryl methyl sites for hydroxylation is 2. The number of primary amides is 1. The minimum atomic E-state index is -0.761. The van der Waals surface area contributed by atoms with Crippen LogP contribution < -0.4 is 16.4 Å². The average Bonchev–Trinajstić information content (AvgIpc) is 2.52. The van der Waals surface area contributed by atoms with Gasteiger partial charge in [0, 0.05) is 6.04 Å². The second-order valence-electron chi connectivity index (χ2n) is 4.56. The molecule has 0 aromatic heterocycles. The molecule has 0 aliphatic heterocycles. The summed E-state index contributed by atoms with van der Waals surface area (Å²) in [6.07, 6.45) is 5.51. The largest absolute Gasteiger partial charge is 0.350 e. The molecule has 1 aliphatic rings. The van der Waals surface area contributed by atoms with Crippen LogP contribution in [0.25, 0.3) is 0 Å². The van der Waals surface area contributed by atoms with E-state index in [1.54, 1.807) is 12.3 Å². The topological polar surface area (TPSA) is 96.1 Å². The van der Waals surface area contributed by atoms with E-state index in [9.17, 15) is 4.79 Å². The molecular formula is C13H16N4O. The van der Waals surface area contributed by atoms with Gasteiger partial charge in [-0.3, -0.25) is 0 Å². The number of hydrogen-bond donors (Lipinski definition) is 2. The Morgan fingerprint density at radius 2 is 2.00 bits per heavy atom. The Morgan fingerprint density at radius 3 is 2.61 bits per heavy atom. The number of nitrogens with two attached hydrogens (primary N) is 2. The molecule has 0 saturated carbocycles. The van der Waals surface area contributed by atoms with E-state index < -0.39 is 6.03 Å². The molecule has 0 radical (unpaired) electrons. The molecule has 1 atom stereocenters. The first-order valence-electron chi connectivity index (χ1n) is 5.98. The molecule has 0 unspecified atom stereocenters. The number of anilines is 1. The van der Waals surface area contributed by atoms with Crippen LogP contribution in [0.1, 0.15) is 24.0 Å². The molecule has 4 N–H and O–H groups in total. The van der Waals surface area contributed by atoms with Gasteiger partial charge >= 0.3 is 6.03 Å². The standard InChI is InChI=1S/C13H16N4O/c14-8-17(13(16)18)12-6-3-9-1-4-11(15)5-2-10(9)7-12/h3,6-7,11H,1-2,4-5,15H2,(H2,16,18)/t11-/m0/s1. The van der Waals surface area contributed by atoms with Crippen LogP contribution in [-0.4, -0.2) is 12.1 Å². The second-order valence-corrected chi connectivity index (χ2v) is 4.56. The maximum absolute atomic E-state index is 11.1. The van der Waals surface area contributed by atoms with Crippen molar-refractivity contribution in [2.75, 3.05) is 4.90 Å². The summed E-state index contributed by atoms with van der Waals surface area (Å²) in [5, 5.41) is 8.91. The highest BCUT2D eigenvalue weighted by Crippen LogP contribution is 2.25. The van der Waals surface area contributed by atoms with Gasteiger partial charge in [0.25, 0.3) is 0 Å². The molecule has 1 aromatic carbocycles. The molecule has 0 heterocycles. The van der Waals surface area contributed by atoms with Gasteiger partial charge in [-0.15, -0.1) is 0 Å². The third-order valence-corrected chi connectivity index (χ3v) is 3.34. The van der Waals surface area contributed by atoms with Gasteiger partial charge in [-0.25, -0.2) is 4.79 Å². The maximum Gasteiger partial charge on any atom is 0.332 e.